The van der Waals surface area contributed by atoms with Crippen LogP contribution in [-0.4, -0.2) is 77.8 Å². The van der Waals surface area contributed by atoms with Gasteiger partial charge in [-0.1, -0.05) is 51.1 Å². The van der Waals surface area contributed by atoms with E-state index >= 15 is 0 Å². The van der Waals surface area contributed by atoms with E-state index in [9.17, 15) is 20.1 Å². The van der Waals surface area contributed by atoms with E-state index in [1.54, 1.807) is 0 Å². The van der Waals surface area contributed by atoms with Gasteiger partial charge in [-0.3, -0.25) is 4.79 Å². The molecule has 0 bridgehead atoms. The lowest BCUT2D eigenvalue weighted by atomic mass is 9.43. The average molecular weight is 678 g/mol. The summed E-state index contributed by atoms with van der Waals surface area (Å²) in [6.07, 6.45) is 8.80. The molecule has 7 heteroatoms. The Morgan fingerprint density at radius 2 is 1.73 bits per heavy atom. The van der Waals surface area contributed by atoms with E-state index < -0.39 is 0 Å². The number of benzene rings is 1. The fourth-order valence-electron chi connectivity index (χ4n) is 10.7. The lowest BCUT2D eigenvalue weighted by molar-refractivity contribution is -0.890. The summed E-state index contributed by atoms with van der Waals surface area (Å²) in [5.74, 6) is 2.10. The molecule has 5 rings (SSSR count). The van der Waals surface area contributed by atoms with Gasteiger partial charge in [0.05, 0.1) is 45.5 Å². The van der Waals surface area contributed by atoms with Gasteiger partial charge in [-0.05, 0) is 103 Å². The highest BCUT2D eigenvalue weighted by Gasteiger charge is 2.65. The summed E-state index contributed by atoms with van der Waals surface area (Å²) in [6, 6.07) is 10.6. The van der Waals surface area contributed by atoms with E-state index in [1.807, 2.05) is 0 Å². The van der Waals surface area contributed by atoms with Crippen molar-refractivity contribution in [1.29, 1.82) is 0 Å². The molecule has 0 radical (unpaired) electrons. The van der Waals surface area contributed by atoms with Crippen LogP contribution in [0.3, 0.4) is 0 Å². The van der Waals surface area contributed by atoms with Crippen LogP contribution in [0.1, 0.15) is 90.5 Å². The largest absolute Gasteiger partial charge is 1.00 e. The Hall–Kier alpha value is -0.990. The van der Waals surface area contributed by atoms with Crippen LogP contribution in [-0.2, 0) is 11.2 Å². The van der Waals surface area contributed by atoms with Gasteiger partial charge in [-0.25, -0.2) is 0 Å². The number of likely N-dealkylation sites (N-methyl/N-ethyl adjacent to an activating group) is 1. The number of fused-ring (bicyclic) bond motifs is 5. The summed E-state index contributed by atoms with van der Waals surface area (Å²) < 4.78 is 0.948. The first-order valence-electron chi connectivity index (χ1n) is 17.5. The topological polar surface area (TPSA) is 89.8 Å². The predicted octanol–water partition coefficient (Wildman–Crippen LogP) is 2.19. The average Bonchev–Trinajstić information content (AvgIpc) is 3.33. The third-order valence-electron chi connectivity index (χ3n) is 13.5. The molecule has 6 nitrogen and oxygen atoms in total. The number of rotatable bonds is 11. The summed E-state index contributed by atoms with van der Waals surface area (Å²) in [4.78, 5) is 12.8. The Kier molecular flexibility index (Phi) is 11.7. The molecule has 0 aromatic heterocycles. The Morgan fingerprint density at radius 1 is 1.00 bits per heavy atom. The summed E-state index contributed by atoms with van der Waals surface area (Å²) in [7, 11) is 4.54. The van der Waals surface area contributed by atoms with E-state index in [1.165, 1.54) is 5.56 Å². The molecule has 0 saturated heterocycles. The number of carbonyl (C=O) groups excluding carboxylic acids is 1. The van der Waals surface area contributed by atoms with Crippen LogP contribution >= 0.6 is 0 Å². The number of hydrogen-bond donors (Lipinski definition) is 4. The highest BCUT2D eigenvalue weighted by molar-refractivity contribution is 5.75. The standard InChI is InChI=1S/C37H60N2O4.BrH/c1-25(12-15-34(43)38-19-9-20-39(4,5)21-17-26-10-7-6-8-11-26)29-13-14-30-35-31(24-33(42)37(29,30)3)36(2)18-16-28(40)22-27(36)23-32(35)41;/h6-8,10-11,25,27-33,35,40-42H,9,12-24H2,1-5H3;1H/t25-,27?,28-,29-,30?,31?,32-,33+,35?,36+,37-;/m1./s1. The predicted molar refractivity (Wildman–Crippen MR) is 172 cm³/mol. The maximum atomic E-state index is 12.8. The molecule has 1 amide bonds. The van der Waals surface area contributed by atoms with Crippen LogP contribution in [0.4, 0.5) is 0 Å². The summed E-state index contributed by atoms with van der Waals surface area (Å²) in [6.45, 7) is 9.83. The second-order valence-electron chi connectivity index (χ2n) is 16.4. The van der Waals surface area contributed by atoms with Crippen molar-refractivity contribution >= 4 is 5.91 Å². The highest BCUT2D eigenvalue weighted by Crippen LogP contribution is 2.68. The lowest BCUT2D eigenvalue weighted by Crippen LogP contribution is -3.00. The second kappa shape index (κ2) is 14.4. The van der Waals surface area contributed by atoms with Crippen molar-refractivity contribution in [2.24, 2.45) is 46.3 Å². The second-order valence-corrected chi connectivity index (χ2v) is 16.4. The number of quaternary nitrogens is 1. The molecule has 44 heavy (non-hydrogen) atoms. The van der Waals surface area contributed by atoms with E-state index in [2.05, 4.69) is 70.5 Å². The smallest absolute Gasteiger partial charge is 0.220 e. The van der Waals surface area contributed by atoms with Crippen molar-refractivity contribution in [2.75, 3.05) is 33.7 Å². The zero-order chi connectivity index (χ0) is 31.0. The molecular weight excluding hydrogens is 616 g/mol. The van der Waals surface area contributed by atoms with E-state index in [4.69, 9.17) is 0 Å². The summed E-state index contributed by atoms with van der Waals surface area (Å²) >= 11 is 0. The van der Waals surface area contributed by atoms with Crippen LogP contribution in [0, 0.1) is 46.3 Å². The molecule has 4 N–H and O–H groups in total. The van der Waals surface area contributed by atoms with Gasteiger partial charge in [0.25, 0.3) is 0 Å². The van der Waals surface area contributed by atoms with Gasteiger partial charge >= 0.3 is 0 Å². The molecule has 4 aliphatic carbocycles. The Labute approximate surface area is 277 Å². The molecule has 4 saturated carbocycles. The van der Waals surface area contributed by atoms with Crippen molar-refractivity contribution in [3.05, 3.63) is 35.9 Å². The van der Waals surface area contributed by atoms with E-state index in [-0.39, 0.29) is 57.9 Å². The fourth-order valence-corrected chi connectivity index (χ4v) is 10.7. The molecule has 0 aliphatic heterocycles. The number of amides is 1. The van der Waals surface area contributed by atoms with Gasteiger partial charge in [0.15, 0.2) is 0 Å². The van der Waals surface area contributed by atoms with Crippen molar-refractivity contribution < 1.29 is 41.6 Å². The molecular formula is C37H61BrN2O4. The molecule has 4 unspecified atom stereocenters. The number of nitrogens with zero attached hydrogens (tertiary/aromatic N) is 1. The van der Waals surface area contributed by atoms with Crippen LogP contribution in [0.15, 0.2) is 30.3 Å². The summed E-state index contributed by atoms with van der Waals surface area (Å²) in [5.41, 5.74) is 1.27. The minimum Gasteiger partial charge on any atom is -1.00 e. The highest BCUT2D eigenvalue weighted by atomic mass is 79.9. The van der Waals surface area contributed by atoms with Gasteiger partial charge in [-0.2, -0.15) is 0 Å². The molecule has 11 atom stereocenters. The van der Waals surface area contributed by atoms with Gasteiger partial charge in [0.2, 0.25) is 5.91 Å². The van der Waals surface area contributed by atoms with Crippen LogP contribution in [0.5, 0.6) is 0 Å². The Balaban J connectivity index is 0.00000442. The number of halogens is 1. The monoisotopic (exact) mass is 676 g/mol. The van der Waals surface area contributed by atoms with Crippen molar-refractivity contribution in [3.8, 4) is 0 Å². The third-order valence-corrected chi connectivity index (χ3v) is 13.5. The minimum absolute atomic E-state index is 0. The lowest BCUT2D eigenvalue weighted by Gasteiger charge is -2.63. The van der Waals surface area contributed by atoms with Crippen molar-refractivity contribution in [1.82, 2.24) is 5.32 Å². The third kappa shape index (κ3) is 7.27. The molecule has 0 spiro atoms. The maximum Gasteiger partial charge on any atom is 0.220 e. The number of aliphatic hydroxyl groups is 3. The zero-order valence-corrected chi connectivity index (χ0v) is 29.6. The first-order chi connectivity index (χ1) is 20.3. The van der Waals surface area contributed by atoms with Crippen LogP contribution in [0.25, 0.3) is 0 Å². The maximum absolute atomic E-state index is 12.8. The first-order valence-corrected chi connectivity index (χ1v) is 17.5. The number of nitrogens with one attached hydrogen (secondary N) is 1. The molecule has 1 aromatic rings. The molecule has 4 aliphatic rings. The van der Waals surface area contributed by atoms with Gasteiger partial charge in [-0.15, -0.1) is 0 Å². The van der Waals surface area contributed by atoms with Crippen LogP contribution < -0.4 is 22.3 Å². The van der Waals surface area contributed by atoms with Gasteiger partial charge < -0.3 is 42.1 Å². The van der Waals surface area contributed by atoms with E-state index in [0.717, 1.165) is 88.3 Å². The number of carbonyl (C=O) groups is 1. The number of hydrogen-bond acceptors (Lipinski definition) is 4. The van der Waals surface area contributed by atoms with Crippen LogP contribution in [0.2, 0.25) is 0 Å². The molecule has 4 fully saturated rings. The van der Waals surface area contributed by atoms with E-state index in [0.29, 0.717) is 36.0 Å². The zero-order valence-electron chi connectivity index (χ0n) is 28.1. The molecule has 250 valence electrons. The Bertz CT molecular complexity index is 1090. The quantitative estimate of drug-likeness (QED) is 0.214. The first kappa shape index (κ1) is 35.9. The fraction of sp³-hybridized carbons (Fsp3) is 0.811. The van der Waals surface area contributed by atoms with Crippen molar-refractivity contribution in [2.45, 2.75) is 110 Å². The Morgan fingerprint density at radius 3 is 2.45 bits per heavy atom. The van der Waals surface area contributed by atoms with Gasteiger partial charge in [0, 0.05) is 25.8 Å². The minimum atomic E-state index is -0.375. The summed E-state index contributed by atoms with van der Waals surface area (Å²) in [5, 5.41) is 36.9. The van der Waals surface area contributed by atoms with Crippen molar-refractivity contribution in [3.63, 3.8) is 0 Å². The normalized spacial score (nSPS) is 38.9. The molecule has 1 aromatic carbocycles. The molecule has 0 heterocycles. The number of aliphatic hydroxyl groups excluding tert-OH is 3. The van der Waals surface area contributed by atoms with Gasteiger partial charge in [0.1, 0.15) is 0 Å². The SMILES string of the molecule is C[C@H](CCC(=O)NCCC[N+](C)(C)CCc1ccccc1)[C@H]1CCC2C3C(C[C@H](O)[C@@]21C)[C@@]1(C)CC[C@@H](O)CC1C[C@H]3O.[Br-].